The van der Waals surface area contributed by atoms with Crippen LogP contribution < -0.4 is 21.5 Å². The van der Waals surface area contributed by atoms with Crippen LogP contribution in [0.3, 0.4) is 0 Å². The highest BCUT2D eigenvalue weighted by Gasteiger charge is 2.44. The van der Waals surface area contributed by atoms with E-state index in [1.54, 1.807) is 27.7 Å². The van der Waals surface area contributed by atoms with Gasteiger partial charge in [-0.2, -0.15) is 0 Å². The van der Waals surface area contributed by atoms with E-state index in [0.29, 0.717) is 11.5 Å². The van der Waals surface area contributed by atoms with Crippen LogP contribution in [0, 0.1) is 5.92 Å². The summed E-state index contributed by atoms with van der Waals surface area (Å²) < 4.78 is 26.8. The van der Waals surface area contributed by atoms with Crippen LogP contribution in [0.2, 0.25) is 0 Å². The third-order valence-electron chi connectivity index (χ3n) is 7.16. The van der Waals surface area contributed by atoms with E-state index in [9.17, 15) is 28.8 Å². The number of hydrazine groups is 1. The summed E-state index contributed by atoms with van der Waals surface area (Å²) in [5, 5.41) is 5.12. The van der Waals surface area contributed by atoms with Gasteiger partial charge in [0.05, 0.1) is 31.7 Å². The van der Waals surface area contributed by atoms with Crippen LogP contribution in [0.1, 0.15) is 85.8 Å². The topological polar surface area (TPSA) is 209 Å². The molecular formula is C35H51N5O11. The average molecular weight is 718 g/mol. The normalized spacial score (nSPS) is 18.6. The van der Waals surface area contributed by atoms with Crippen molar-refractivity contribution in [2.24, 2.45) is 10.9 Å². The predicted octanol–water partition coefficient (Wildman–Crippen LogP) is 2.70. The van der Waals surface area contributed by atoms with Gasteiger partial charge in [-0.15, -0.1) is 0 Å². The van der Waals surface area contributed by atoms with Crippen LogP contribution in [0.4, 0.5) is 4.79 Å². The first-order valence-corrected chi connectivity index (χ1v) is 16.6. The highest BCUT2D eigenvalue weighted by Crippen LogP contribution is 2.27. The number of rotatable bonds is 13. The SMILES string of the molecule is COC(=O)C1=C[C@H](N=C(NC(=O)OC(C)(C)C)NC(=O)[C@@H](C)c2ccc(CC(C)C)cc2)[C@@H](NNC(C)=O)[C@H]([C@@H](CCOC(C)=O)OC(C)=O)O1. The second-order valence-corrected chi connectivity index (χ2v) is 13.4. The molecule has 0 bridgehead atoms. The summed E-state index contributed by atoms with van der Waals surface area (Å²) in [6, 6.07) is 5.27. The highest BCUT2D eigenvalue weighted by atomic mass is 16.6. The lowest BCUT2D eigenvalue weighted by Gasteiger charge is -2.39. The quantitative estimate of drug-likeness (QED) is 0.0764. The van der Waals surface area contributed by atoms with E-state index in [1.807, 2.05) is 24.3 Å². The van der Waals surface area contributed by atoms with Crippen LogP contribution in [-0.2, 0) is 54.1 Å². The van der Waals surface area contributed by atoms with E-state index in [-0.39, 0.29) is 24.7 Å². The minimum Gasteiger partial charge on any atom is -0.478 e. The number of benzene rings is 1. The lowest BCUT2D eigenvalue weighted by Crippen LogP contribution is -2.61. The number of carbonyl (C=O) groups excluding carboxylic acids is 6. The Bertz CT molecular complexity index is 1470. The van der Waals surface area contributed by atoms with Crippen molar-refractivity contribution in [1.29, 1.82) is 0 Å². The molecule has 0 unspecified atom stereocenters. The Morgan fingerprint density at radius 2 is 1.59 bits per heavy atom. The monoisotopic (exact) mass is 717 g/mol. The maximum Gasteiger partial charge on any atom is 0.414 e. The number of esters is 3. The van der Waals surface area contributed by atoms with E-state index in [1.165, 1.54) is 19.9 Å². The molecule has 1 aromatic rings. The van der Waals surface area contributed by atoms with Crippen molar-refractivity contribution in [2.75, 3.05) is 13.7 Å². The van der Waals surface area contributed by atoms with Gasteiger partial charge in [-0.25, -0.2) is 20.0 Å². The molecule has 0 fully saturated rings. The smallest absolute Gasteiger partial charge is 0.414 e. The van der Waals surface area contributed by atoms with Crippen LogP contribution in [0.15, 0.2) is 41.1 Å². The Morgan fingerprint density at radius 1 is 0.941 bits per heavy atom. The Hall–Kier alpha value is -4.99. The lowest BCUT2D eigenvalue weighted by atomic mass is 9.93. The molecule has 282 valence electrons. The Morgan fingerprint density at radius 3 is 2.12 bits per heavy atom. The molecule has 5 atom stereocenters. The number of hydrogen-bond donors (Lipinski definition) is 4. The fraction of sp³-hybridized carbons (Fsp3) is 0.571. The largest absolute Gasteiger partial charge is 0.478 e. The fourth-order valence-corrected chi connectivity index (χ4v) is 4.96. The van der Waals surface area contributed by atoms with Crippen molar-refractivity contribution in [2.45, 2.75) is 111 Å². The van der Waals surface area contributed by atoms with Gasteiger partial charge in [-0.1, -0.05) is 38.1 Å². The number of alkyl carbamates (subject to hydrolysis) is 1. The molecule has 51 heavy (non-hydrogen) atoms. The van der Waals surface area contributed by atoms with Gasteiger partial charge in [0.15, 0.2) is 6.10 Å². The Labute approximate surface area is 298 Å². The molecule has 0 spiro atoms. The minimum absolute atomic E-state index is 0.0831. The van der Waals surface area contributed by atoms with Crippen LogP contribution >= 0.6 is 0 Å². The molecule has 0 aliphatic carbocycles. The highest BCUT2D eigenvalue weighted by molar-refractivity contribution is 6.05. The second kappa shape index (κ2) is 19.4. The number of methoxy groups -OCH3 is 1. The minimum atomic E-state index is -1.27. The molecule has 1 aliphatic rings. The maximum atomic E-state index is 13.6. The molecule has 16 heteroatoms. The zero-order valence-electron chi connectivity index (χ0n) is 30.9. The second-order valence-electron chi connectivity index (χ2n) is 13.4. The molecule has 4 N–H and O–H groups in total. The standard InChI is InChI=1S/C35H51N5O11/c1-19(2)17-24-11-13-25(14-12-24)20(3)31(44)37-33(38-34(46)51-35(7,8)9)36-26-18-28(32(45)47-10)50-30(29(26)40-39-21(4)41)27(49-23(6)43)15-16-48-22(5)42/h11-14,18-20,26-27,29-30,40H,15-17H2,1-10H3,(H,39,41)(H2,36,37,38,44,46)/t20-,26-,27+,29+,30-/m0/s1. The number of nitrogens with zero attached hydrogens (tertiary/aromatic N) is 1. The van der Waals surface area contributed by atoms with Gasteiger partial charge in [0, 0.05) is 27.2 Å². The van der Waals surface area contributed by atoms with Crippen LogP contribution in [-0.4, -0.2) is 85.4 Å². The Balaban J connectivity index is 2.65. The van der Waals surface area contributed by atoms with Gasteiger partial charge in [0.2, 0.25) is 23.5 Å². The van der Waals surface area contributed by atoms with Gasteiger partial charge in [0.25, 0.3) is 0 Å². The summed E-state index contributed by atoms with van der Waals surface area (Å²) in [6.45, 7) is 14.3. The summed E-state index contributed by atoms with van der Waals surface area (Å²) in [7, 11) is 1.12. The lowest BCUT2D eigenvalue weighted by molar-refractivity contribution is -0.161. The molecule has 1 aromatic carbocycles. The molecule has 0 saturated heterocycles. The number of nitrogens with one attached hydrogen (secondary N) is 4. The van der Waals surface area contributed by atoms with E-state index in [0.717, 1.165) is 26.0 Å². The zero-order chi connectivity index (χ0) is 38.5. The summed E-state index contributed by atoms with van der Waals surface area (Å²) >= 11 is 0. The number of ether oxygens (including phenoxy) is 5. The van der Waals surface area contributed by atoms with Gasteiger partial charge in [0.1, 0.15) is 11.7 Å². The van der Waals surface area contributed by atoms with E-state index < -0.39 is 71.6 Å². The van der Waals surface area contributed by atoms with Crippen molar-refractivity contribution < 1.29 is 52.5 Å². The molecular weight excluding hydrogens is 666 g/mol. The number of hydrogen-bond acceptors (Lipinski definition) is 13. The van der Waals surface area contributed by atoms with Crippen molar-refractivity contribution in [3.05, 3.63) is 47.2 Å². The maximum absolute atomic E-state index is 13.6. The summed E-state index contributed by atoms with van der Waals surface area (Å²) in [6.07, 6.45) is -1.35. The molecule has 3 amide bonds. The molecule has 0 aromatic heterocycles. The van der Waals surface area contributed by atoms with E-state index >= 15 is 0 Å². The van der Waals surface area contributed by atoms with Crippen LogP contribution in [0.25, 0.3) is 0 Å². The van der Waals surface area contributed by atoms with Crippen molar-refractivity contribution in [3.63, 3.8) is 0 Å². The van der Waals surface area contributed by atoms with Crippen LogP contribution in [0.5, 0.6) is 0 Å². The predicted molar refractivity (Wildman–Crippen MR) is 185 cm³/mol. The van der Waals surface area contributed by atoms with E-state index in [4.69, 9.17) is 23.7 Å². The molecule has 2 rings (SSSR count). The van der Waals surface area contributed by atoms with Gasteiger partial charge in [-0.3, -0.25) is 35.2 Å². The number of amides is 3. The summed E-state index contributed by atoms with van der Waals surface area (Å²) in [4.78, 5) is 79.7. The fourth-order valence-electron chi connectivity index (χ4n) is 4.96. The summed E-state index contributed by atoms with van der Waals surface area (Å²) in [5.74, 6) is -4.22. The number of guanidine groups is 1. The molecule has 0 radical (unpaired) electrons. The first-order chi connectivity index (χ1) is 23.8. The summed E-state index contributed by atoms with van der Waals surface area (Å²) in [5.41, 5.74) is 6.14. The Kier molecular flexibility index (Phi) is 16.1. The van der Waals surface area contributed by atoms with Gasteiger partial charge in [-0.05, 0) is 57.2 Å². The molecule has 16 nitrogen and oxygen atoms in total. The molecule has 1 aliphatic heterocycles. The van der Waals surface area contributed by atoms with Crippen molar-refractivity contribution in [3.8, 4) is 0 Å². The van der Waals surface area contributed by atoms with E-state index in [2.05, 4.69) is 40.3 Å². The van der Waals surface area contributed by atoms with Gasteiger partial charge < -0.3 is 23.7 Å². The molecule has 0 saturated carbocycles. The number of carbonyl (C=O) groups is 6. The van der Waals surface area contributed by atoms with Crippen molar-refractivity contribution in [1.82, 2.24) is 21.5 Å². The average Bonchev–Trinajstić information content (AvgIpc) is 3.01. The van der Waals surface area contributed by atoms with Crippen molar-refractivity contribution >= 4 is 41.8 Å². The number of aliphatic imine (C=N–C) groups is 1. The third kappa shape index (κ3) is 14.8. The third-order valence-corrected chi connectivity index (χ3v) is 7.16. The zero-order valence-corrected chi connectivity index (χ0v) is 30.9. The van der Waals surface area contributed by atoms with Gasteiger partial charge >= 0.3 is 24.0 Å². The molecule has 1 heterocycles. The first kappa shape index (κ1) is 42.2. The first-order valence-electron chi connectivity index (χ1n) is 16.6.